The first-order valence-electron chi connectivity index (χ1n) is 7.74. The summed E-state index contributed by atoms with van der Waals surface area (Å²) in [5.74, 6) is 2.04. The molecule has 116 valence electrons. The molecule has 0 saturated heterocycles. The van der Waals surface area contributed by atoms with Crippen LogP contribution in [-0.2, 0) is 0 Å². The van der Waals surface area contributed by atoms with Crippen molar-refractivity contribution in [2.45, 2.75) is 38.5 Å². The standard InChI is InChI=1S/C17H16N4O2/c1-9(2)14-15(13-6-5-12(23-13)10-3-4-10)20-16-11(7-18)8-19-21(16)17(14)22/h5-6,8-10,19H,3-4H2,1-2H3. The van der Waals surface area contributed by atoms with Gasteiger partial charge in [0.25, 0.3) is 5.56 Å². The van der Waals surface area contributed by atoms with Crippen molar-refractivity contribution in [3.05, 3.63) is 45.6 Å². The fourth-order valence-electron chi connectivity index (χ4n) is 2.89. The van der Waals surface area contributed by atoms with Gasteiger partial charge in [-0.3, -0.25) is 9.89 Å². The van der Waals surface area contributed by atoms with Crippen molar-refractivity contribution in [1.29, 1.82) is 5.26 Å². The van der Waals surface area contributed by atoms with Gasteiger partial charge < -0.3 is 4.42 Å². The van der Waals surface area contributed by atoms with Crippen molar-refractivity contribution in [3.8, 4) is 17.5 Å². The average Bonchev–Trinajstić information content (AvgIpc) is 3.11. The molecule has 0 aromatic carbocycles. The van der Waals surface area contributed by atoms with Crippen molar-refractivity contribution in [1.82, 2.24) is 14.6 Å². The van der Waals surface area contributed by atoms with E-state index in [0.717, 1.165) is 18.6 Å². The van der Waals surface area contributed by atoms with E-state index >= 15 is 0 Å². The van der Waals surface area contributed by atoms with E-state index in [1.807, 2.05) is 26.0 Å². The zero-order valence-electron chi connectivity index (χ0n) is 13.0. The lowest BCUT2D eigenvalue weighted by molar-refractivity contribution is 0.522. The molecular weight excluding hydrogens is 292 g/mol. The molecule has 0 atom stereocenters. The predicted molar refractivity (Wildman–Crippen MR) is 84.3 cm³/mol. The molecule has 6 heteroatoms. The van der Waals surface area contributed by atoms with Gasteiger partial charge in [0.15, 0.2) is 11.4 Å². The van der Waals surface area contributed by atoms with E-state index in [1.165, 1.54) is 10.7 Å². The molecule has 0 aliphatic heterocycles. The topological polar surface area (TPSA) is 87.1 Å². The van der Waals surface area contributed by atoms with E-state index in [0.29, 0.717) is 34.1 Å². The quantitative estimate of drug-likeness (QED) is 0.805. The molecule has 3 heterocycles. The van der Waals surface area contributed by atoms with Crippen molar-refractivity contribution in [2.75, 3.05) is 0 Å². The zero-order valence-corrected chi connectivity index (χ0v) is 13.0. The summed E-state index contributed by atoms with van der Waals surface area (Å²) >= 11 is 0. The second kappa shape index (κ2) is 4.85. The number of nitriles is 1. The summed E-state index contributed by atoms with van der Waals surface area (Å²) < 4.78 is 7.26. The molecule has 0 radical (unpaired) electrons. The third-order valence-electron chi connectivity index (χ3n) is 4.23. The fourth-order valence-corrected chi connectivity index (χ4v) is 2.89. The minimum Gasteiger partial charge on any atom is -0.459 e. The van der Waals surface area contributed by atoms with Crippen LogP contribution in [0.3, 0.4) is 0 Å². The minimum absolute atomic E-state index is 0.00906. The first kappa shape index (κ1) is 13.8. The Bertz CT molecular complexity index is 996. The molecule has 6 nitrogen and oxygen atoms in total. The summed E-state index contributed by atoms with van der Waals surface area (Å²) in [7, 11) is 0. The molecular formula is C17H16N4O2. The van der Waals surface area contributed by atoms with Crippen LogP contribution in [0.5, 0.6) is 0 Å². The average molecular weight is 308 g/mol. The van der Waals surface area contributed by atoms with Crippen LogP contribution in [0.4, 0.5) is 0 Å². The Morgan fingerprint density at radius 1 is 1.43 bits per heavy atom. The van der Waals surface area contributed by atoms with Crippen molar-refractivity contribution < 1.29 is 4.42 Å². The molecule has 1 aliphatic carbocycles. The van der Waals surface area contributed by atoms with E-state index in [9.17, 15) is 10.1 Å². The monoisotopic (exact) mass is 308 g/mol. The van der Waals surface area contributed by atoms with Gasteiger partial charge in [0, 0.05) is 12.1 Å². The second-order valence-corrected chi connectivity index (χ2v) is 6.27. The molecule has 4 rings (SSSR count). The normalized spacial score (nSPS) is 14.5. The van der Waals surface area contributed by atoms with Crippen molar-refractivity contribution in [2.24, 2.45) is 0 Å². The SMILES string of the molecule is CC(C)c1c(-c2ccc(C3CC3)o2)nc2c(C#N)c[nH]n2c1=O. The lowest BCUT2D eigenvalue weighted by atomic mass is 10.0. The maximum atomic E-state index is 12.8. The van der Waals surface area contributed by atoms with Crippen LogP contribution in [0, 0.1) is 11.3 Å². The Kier molecular flexibility index (Phi) is 2.91. The van der Waals surface area contributed by atoms with E-state index in [1.54, 1.807) is 0 Å². The van der Waals surface area contributed by atoms with Crippen LogP contribution < -0.4 is 5.56 Å². The van der Waals surface area contributed by atoms with Gasteiger partial charge in [-0.05, 0) is 30.9 Å². The summed E-state index contributed by atoms with van der Waals surface area (Å²) in [6.45, 7) is 3.90. The number of furan rings is 1. The minimum atomic E-state index is -0.189. The molecule has 3 aromatic heterocycles. The Hall–Kier alpha value is -2.81. The third kappa shape index (κ3) is 2.08. The van der Waals surface area contributed by atoms with Crippen LogP contribution in [0.1, 0.15) is 55.4 Å². The van der Waals surface area contributed by atoms with E-state index in [2.05, 4.69) is 16.2 Å². The van der Waals surface area contributed by atoms with Gasteiger partial charge in [-0.1, -0.05) is 13.8 Å². The predicted octanol–water partition coefficient (Wildman–Crippen LogP) is 3.16. The number of fused-ring (bicyclic) bond motifs is 1. The van der Waals surface area contributed by atoms with E-state index in [-0.39, 0.29) is 11.5 Å². The summed E-state index contributed by atoms with van der Waals surface area (Å²) in [6.07, 6.45) is 3.79. The van der Waals surface area contributed by atoms with Crippen LogP contribution >= 0.6 is 0 Å². The zero-order chi connectivity index (χ0) is 16.1. The summed E-state index contributed by atoms with van der Waals surface area (Å²) in [5.41, 5.74) is 1.61. The van der Waals surface area contributed by atoms with Crippen LogP contribution in [0.2, 0.25) is 0 Å². The van der Waals surface area contributed by atoms with Gasteiger partial charge in [0.2, 0.25) is 0 Å². The highest BCUT2D eigenvalue weighted by Gasteiger charge is 2.28. The molecule has 1 saturated carbocycles. The van der Waals surface area contributed by atoms with Gasteiger partial charge in [-0.2, -0.15) is 5.26 Å². The lowest BCUT2D eigenvalue weighted by Crippen LogP contribution is -2.22. The Balaban J connectivity index is 2.00. The third-order valence-corrected chi connectivity index (χ3v) is 4.23. The molecule has 23 heavy (non-hydrogen) atoms. The molecule has 0 amide bonds. The molecule has 0 unspecified atom stereocenters. The van der Waals surface area contributed by atoms with E-state index in [4.69, 9.17) is 4.42 Å². The van der Waals surface area contributed by atoms with Crippen molar-refractivity contribution in [3.63, 3.8) is 0 Å². The molecule has 1 aliphatic rings. The highest BCUT2D eigenvalue weighted by molar-refractivity contribution is 5.64. The first-order valence-corrected chi connectivity index (χ1v) is 7.74. The highest BCUT2D eigenvalue weighted by Crippen LogP contribution is 2.42. The maximum absolute atomic E-state index is 12.8. The highest BCUT2D eigenvalue weighted by atomic mass is 16.3. The molecule has 1 N–H and O–H groups in total. The Morgan fingerprint density at radius 3 is 2.87 bits per heavy atom. The van der Waals surface area contributed by atoms with Crippen molar-refractivity contribution >= 4 is 5.65 Å². The first-order chi connectivity index (χ1) is 11.1. The summed E-state index contributed by atoms with van der Waals surface area (Å²) in [5, 5.41) is 12.0. The fraction of sp³-hybridized carbons (Fsp3) is 0.353. The number of nitrogens with one attached hydrogen (secondary N) is 1. The number of aromatic nitrogens is 3. The van der Waals surface area contributed by atoms with Gasteiger partial charge in [0.05, 0.1) is 5.56 Å². The molecule has 1 fully saturated rings. The molecule has 0 bridgehead atoms. The van der Waals surface area contributed by atoms with Gasteiger partial charge in [0.1, 0.15) is 23.1 Å². The van der Waals surface area contributed by atoms with Gasteiger partial charge in [-0.25, -0.2) is 9.50 Å². The summed E-state index contributed by atoms with van der Waals surface area (Å²) in [6, 6.07) is 5.89. The summed E-state index contributed by atoms with van der Waals surface area (Å²) in [4.78, 5) is 17.4. The van der Waals surface area contributed by atoms with Crippen LogP contribution in [0.15, 0.2) is 27.5 Å². The van der Waals surface area contributed by atoms with E-state index < -0.39 is 0 Å². The largest absolute Gasteiger partial charge is 0.459 e. The lowest BCUT2D eigenvalue weighted by Gasteiger charge is -2.10. The number of hydrogen-bond acceptors (Lipinski definition) is 4. The Morgan fingerprint density at radius 2 is 2.22 bits per heavy atom. The van der Waals surface area contributed by atoms with Gasteiger partial charge in [-0.15, -0.1) is 0 Å². The van der Waals surface area contributed by atoms with Crippen LogP contribution in [-0.4, -0.2) is 14.6 Å². The smallest absolute Gasteiger partial charge is 0.276 e. The number of hydrogen-bond donors (Lipinski definition) is 1. The number of nitrogens with zero attached hydrogens (tertiary/aromatic N) is 3. The van der Waals surface area contributed by atoms with Crippen LogP contribution in [0.25, 0.3) is 17.1 Å². The number of H-pyrrole nitrogens is 1. The Labute approximate surface area is 132 Å². The molecule has 3 aromatic rings. The maximum Gasteiger partial charge on any atom is 0.276 e. The number of aromatic amines is 1. The number of rotatable bonds is 3. The second-order valence-electron chi connectivity index (χ2n) is 6.27. The van der Waals surface area contributed by atoms with Gasteiger partial charge >= 0.3 is 0 Å². The molecule has 0 spiro atoms.